The molecule has 2 aromatic rings. The number of primary amides is 1. The van der Waals surface area contributed by atoms with Gasteiger partial charge in [0.1, 0.15) is 18.4 Å². The van der Waals surface area contributed by atoms with Gasteiger partial charge in [0, 0.05) is 31.4 Å². The lowest BCUT2D eigenvalue weighted by Gasteiger charge is -2.20. The first-order valence-corrected chi connectivity index (χ1v) is 14.4. The average Bonchev–Trinajstić information content (AvgIpc) is 3.02. The quantitative estimate of drug-likeness (QED) is 0.0704. The van der Waals surface area contributed by atoms with Gasteiger partial charge in [-0.1, -0.05) is 48.5 Å². The zero-order valence-corrected chi connectivity index (χ0v) is 24.6. The van der Waals surface area contributed by atoms with Gasteiger partial charge in [0.2, 0.25) is 23.6 Å². The molecule has 232 valence electrons. The summed E-state index contributed by atoms with van der Waals surface area (Å²) in [6, 6.07) is 13.6. The molecule has 2 rings (SSSR count). The molecule has 0 spiro atoms. The second-order valence-corrected chi connectivity index (χ2v) is 9.98. The van der Waals surface area contributed by atoms with Gasteiger partial charge in [0.05, 0.1) is 6.54 Å². The second kappa shape index (κ2) is 19.8. The topological polar surface area (TPSA) is 177 Å². The van der Waals surface area contributed by atoms with E-state index in [0.717, 1.165) is 11.1 Å². The summed E-state index contributed by atoms with van der Waals surface area (Å²) in [7, 11) is 0. The van der Waals surface area contributed by atoms with Crippen molar-refractivity contribution in [1.82, 2.24) is 21.3 Å². The van der Waals surface area contributed by atoms with E-state index in [1.54, 1.807) is 30.3 Å². The summed E-state index contributed by atoms with van der Waals surface area (Å²) >= 11 is 0. The maximum Gasteiger partial charge on any atom is 0.251 e. The van der Waals surface area contributed by atoms with Crippen LogP contribution in [-0.4, -0.2) is 61.0 Å². The van der Waals surface area contributed by atoms with Crippen molar-refractivity contribution >= 4 is 41.9 Å². The lowest BCUT2D eigenvalue weighted by molar-refractivity contribution is -0.129. The number of carbonyl (C=O) groups is 6. The largest absolute Gasteiger partial charge is 0.368 e. The molecule has 0 unspecified atom stereocenters. The first-order valence-electron chi connectivity index (χ1n) is 14.4. The van der Waals surface area contributed by atoms with E-state index in [-0.39, 0.29) is 18.7 Å². The van der Waals surface area contributed by atoms with Gasteiger partial charge < -0.3 is 27.0 Å². The highest BCUT2D eigenvalue weighted by Gasteiger charge is 2.24. The number of aldehydes is 1. The summed E-state index contributed by atoms with van der Waals surface area (Å²) < 4.78 is 0. The Kier molecular flexibility index (Phi) is 15.7. The van der Waals surface area contributed by atoms with Crippen LogP contribution in [0.5, 0.6) is 0 Å². The van der Waals surface area contributed by atoms with Gasteiger partial charge in [-0.2, -0.15) is 0 Å². The fraction of sp³-hybridized carbons (Fsp3) is 0.333. The minimum Gasteiger partial charge on any atom is -0.368 e. The lowest BCUT2D eigenvalue weighted by Crippen LogP contribution is -2.52. The zero-order chi connectivity index (χ0) is 32.2. The standard InChI is InChI=1S/C33H39N5O6/c1-2-3-5-15-29(40)35-20-9-8-14-27(31(34)42)37-30(41)23-36-33(44)28(22-25-11-6-4-7-12-25)38-32(43)26-18-16-24(17-19-26)13-10-21-39/h1,4,6-7,10-13,16-19,21,27-28H,3,5,8-9,14-15,20,22-23H2,(H2,34,42)(H,35,40)(H,36,44)(H,37,41)(H,38,43)/b13-10+/t27-,28-/m0/s1. The molecule has 0 aliphatic heterocycles. The number of hydrogen-bond acceptors (Lipinski definition) is 6. The van der Waals surface area contributed by atoms with Crippen LogP contribution in [0.3, 0.4) is 0 Å². The Labute approximate surface area is 257 Å². The van der Waals surface area contributed by atoms with Crippen LogP contribution in [0, 0.1) is 12.3 Å². The molecule has 5 amide bonds. The molecule has 0 aliphatic carbocycles. The van der Waals surface area contributed by atoms with Gasteiger partial charge >= 0.3 is 0 Å². The minimum atomic E-state index is -0.999. The van der Waals surface area contributed by atoms with Crippen LogP contribution >= 0.6 is 0 Å². The summed E-state index contributed by atoms with van der Waals surface area (Å²) in [6.45, 7) is -0.0183. The SMILES string of the molecule is C#CCCCC(=O)NCCCC[C@H](NC(=O)CNC(=O)[C@H](Cc1ccccc1)NC(=O)c1ccc(/C=C/C=O)cc1)C(N)=O. The first kappa shape index (κ1) is 35.0. The van der Waals surface area contributed by atoms with Crippen LogP contribution in [0.25, 0.3) is 6.08 Å². The van der Waals surface area contributed by atoms with Gasteiger partial charge in [0.15, 0.2) is 0 Å². The number of nitrogens with one attached hydrogen (secondary N) is 4. The first-order chi connectivity index (χ1) is 21.2. The molecule has 0 radical (unpaired) electrons. The van der Waals surface area contributed by atoms with Gasteiger partial charge in [-0.25, -0.2) is 0 Å². The van der Waals surface area contributed by atoms with Crippen LogP contribution in [-0.2, 0) is 30.4 Å². The van der Waals surface area contributed by atoms with Crippen molar-refractivity contribution in [2.24, 2.45) is 5.73 Å². The summed E-state index contributed by atoms with van der Waals surface area (Å²) in [4.78, 5) is 72.8. The van der Waals surface area contributed by atoms with E-state index >= 15 is 0 Å². The van der Waals surface area contributed by atoms with E-state index in [2.05, 4.69) is 27.2 Å². The van der Waals surface area contributed by atoms with Crippen molar-refractivity contribution < 1.29 is 28.8 Å². The van der Waals surface area contributed by atoms with E-state index < -0.39 is 42.3 Å². The maximum atomic E-state index is 13.1. The fourth-order valence-corrected chi connectivity index (χ4v) is 4.16. The van der Waals surface area contributed by atoms with E-state index in [4.69, 9.17) is 12.2 Å². The van der Waals surface area contributed by atoms with Crippen LogP contribution < -0.4 is 27.0 Å². The molecule has 0 fully saturated rings. The number of amides is 5. The highest BCUT2D eigenvalue weighted by atomic mass is 16.2. The van der Waals surface area contributed by atoms with E-state index in [1.165, 1.54) is 6.08 Å². The third kappa shape index (κ3) is 13.6. The molecule has 0 saturated carbocycles. The third-order valence-electron chi connectivity index (χ3n) is 6.51. The molecule has 2 aromatic carbocycles. The molecule has 44 heavy (non-hydrogen) atoms. The molecule has 6 N–H and O–H groups in total. The van der Waals surface area contributed by atoms with Crippen molar-refractivity contribution in [2.45, 2.75) is 57.0 Å². The highest BCUT2D eigenvalue weighted by molar-refractivity contribution is 5.98. The number of rotatable bonds is 19. The molecule has 0 aromatic heterocycles. The molecule has 0 heterocycles. The van der Waals surface area contributed by atoms with E-state index in [1.807, 2.05) is 30.3 Å². The summed E-state index contributed by atoms with van der Waals surface area (Å²) in [6.07, 6.45) is 11.8. The third-order valence-corrected chi connectivity index (χ3v) is 6.51. The normalized spacial score (nSPS) is 11.9. The molecule has 0 saturated heterocycles. The van der Waals surface area contributed by atoms with Gasteiger partial charge in [-0.3, -0.25) is 28.8 Å². The lowest BCUT2D eigenvalue weighted by atomic mass is 10.0. The molecular formula is C33H39N5O6. The van der Waals surface area contributed by atoms with Crippen molar-refractivity contribution in [3.8, 4) is 12.3 Å². The predicted octanol–water partition coefficient (Wildman–Crippen LogP) is 1.42. The molecule has 0 bridgehead atoms. The molecule has 0 aliphatic rings. The summed E-state index contributed by atoms with van der Waals surface area (Å²) in [5.41, 5.74) is 7.29. The predicted molar refractivity (Wildman–Crippen MR) is 167 cm³/mol. The highest BCUT2D eigenvalue weighted by Crippen LogP contribution is 2.09. The number of nitrogens with two attached hydrogens (primary N) is 1. The Bertz CT molecular complexity index is 1330. The number of benzene rings is 2. The van der Waals surface area contributed by atoms with Crippen molar-refractivity contribution in [3.63, 3.8) is 0 Å². The van der Waals surface area contributed by atoms with Crippen LogP contribution in [0.2, 0.25) is 0 Å². The summed E-state index contributed by atoms with van der Waals surface area (Å²) in [5.74, 6) is -0.0315. The van der Waals surface area contributed by atoms with Crippen molar-refractivity contribution in [3.05, 3.63) is 77.4 Å². The molecule has 11 nitrogen and oxygen atoms in total. The van der Waals surface area contributed by atoms with E-state index in [9.17, 15) is 28.8 Å². The van der Waals surface area contributed by atoms with Crippen LogP contribution in [0.15, 0.2) is 60.7 Å². The second-order valence-electron chi connectivity index (χ2n) is 9.98. The number of carbonyl (C=O) groups excluding carboxylic acids is 6. The Morgan fingerprint density at radius 3 is 2.25 bits per heavy atom. The molecular weight excluding hydrogens is 562 g/mol. The molecule has 11 heteroatoms. The zero-order valence-electron chi connectivity index (χ0n) is 24.6. The average molecular weight is 602 g/mol. The Morgan fingerprint density at radius 1 is 0.864 bits per heavy atom. The Balaban J connectivity index is 1.91. The number of allylic oxidation sites excluding steroid dienone is 1. The Hall–Kier alpha value is -5.24. The monoisotopic (exact) mass is 601 g/mol. The van der Waals surface area contributed by atoms with Crippen molar-refractivity contribution in [1.29, 1.82) is 0 Å². The number of unbranched alkanes of at least 4 members (excludes halogenated alkanes) is 2. The van der Waals surface area contributed by atoms with Crippen LogP contribution in [0.4, 0.5) is 0 Å². The van der Waals surface area contributed by atoms with Crippen LogP contribution in [0.1, 0.15) is 60.0 Å². The van der Waals surface area contributed by atoms with Gasteiger partial charge in [-0.15, -0.1) is 12.3 Å². The Morgan fingerprint density at radius 2 is 1.59 bits per heavy atom. The molecule has 2 atom stereocenters. The van der Waals surface area contributed by atoms with Gasteiger partial charge in [-0.05, 0) is 55.0 Å². The maximum absolute atomic E-state index is 13.1. The summed E-state index contributed by atoms with van der Waals surface area (Å²) in [5, 5.41) is 10.6. The number of hydrogen-bond donors (Lipinski definition) is 5. The fourth-order valence-electron chi connectivity index (χ4n) is 4.16. The van der Waals surface area contributed by atoms with Crippen molar-refractivity contribution in [2.75, 3.05) is 13.1 Å². The number of terminal acetylenes is 1. The smallest absolute Gasteiger partial charge is 0.251 e. The minimum absolute atomic E-state index is 0.0982. The van der Waals surface area contributed by atoms with Gasteiger partial charge in [0.25, 0.3) is 5.91 Å². The van der Waals surface area contributed by atoms with E-state index in [0.29, 0.717) is 50.5 Å².